The molecule has 0 bridgehead atoms. The molecule has 2 N–H and O–H groups in total. The Bertz CT molecular complexity index is 156. The molecule has 1 aliphatic rings. The molecule has 64 valence electrons. The molecule has 1 amide bonds. The number of nitrogens with one attached hydrogen (secondary N) is 1. The van der Waals surface area contributed by atoms with E-state index in [4.69, 9.17) is 5.11 Å². The molecule has 1 aliphatic carbocycles. The van der Waals surface area contributed by atoms with Gasteiger partial charge in [-0.25, -0.2) is 0 Å². The summed E-state index contributed by atoms with van der Waals surface area (Å²) >= 11 is 0. The lowest BCUT2D eigenvalue weighted by Crippen LogP contribution is -2.31. The third kappa shape index (κ3) is 2.50. The van der Waals surface area contributed by atoms with Crippen LogP contribution in [0.1, 0.15) is 20.3 Å². The van der Waals surface area contributed by atoms with Crippen LogP contribution < -0.4 is 5.32 Å². The molecule has 0 aromatic rings. The SMILES string of the molecule is CC(O)CNC(=O)[C@@H]1C[C@H]1C. The fourth-order valence-corrected chi connectivity index (χ4v) is 1.07. The summed E-state index contributed by atoms with van der Waals surface area (Å²) in [6.07, 6.45) is 0.569. The number of amides is 1. The number of aliphatic hydroxyl groups is 1. The van der Waals surface area contributed by atoms with Gasteiger partial charge >= 0.3 is 0 Å². The van der Waals surface area contributed by atoms with E-state index in [0.717, 1.165) is 6.42 Å². The first-order valence-corrected chi connectivity index (χ1v) is 4.07. The van der Waals surface area contributed by atoms with Crippen molar-refractivity contribution in [2.24, 2.45) is 11.8 Å². The summed E-state index contributed by atoms with van der Waals surface area (Å²) in [6.45, 7) is 4.10. The molecule has 11 heavy (non-hydrogen) atoms. The normalized spacial score (nSPS) is 31.2. The van der Waals surface area contributed by atoms with Crippen molar-refractivity contribution >= 4 is 5.91 Å². The van der Waals surface area contributed by atoms with Crippen molar-refractivity contribution in [2.45, 2.75) is 26.4 Å². The van der Waals surface area contributed by atoms with Crippen LogP contribution in [0, 0.1) is 11.8 Å². The van der Waals surface area contributed by atoms with Crippen LogP contribution in [-0.4, -0.2) is 23.7 Å². The maximum atomic E-state index is 11.1. The fraction of sp³-hybridized carbons (Fsp3) is 0.875. The molecule has 1 rings (SSSR count). The van der Waals surface area contributed by atoms with E-state index >= 15 is 0 Å². The zero-order valence-electron chi connectivity index (χ0n) is 7.00. The third-order valence-corrected chi connectivity index (χ3v) is 2.02. The lowest BCUT2D eigenvalue weighted by Gasteiger charge is -2.05. The molecule has 3 heteroatoms. The van der Waals surface area contributed by atoms with Gasteiger partial charge in [-0.1, -0.05) is 6.92 Å². The van der Waals surface area contributed by atoms with Crippen LogP contribution in [0.4, 0.5) is 0 Å². The molecule has 0 radical (unpaired) electrons. The topological polar surface area (TPSA) is 49.3 Å². The van der Waals surface area contributed by atoms with Gasteiger partial charge in [0.25, 0.3) is 0 Å². The van der Waals surface area contributed by atoms with Crippen molar-refractivity contribution in [1.29, 1.82) is 0 Å². The molecule has 0 aliphatic heterocycles. The van der Waals surface area contributed by atoms with Gasteiger partial charge in [-0.15, -0.1) is 0 Å². The molecular weight excluding hydrogens is 142 g/mol. The Kier molecular flexibility index (Phi) is 2.49. The second-order valence-electron chi connectivity index (χ2n) is 3.41. The van der Waals surface area contributed by atoms with Crippen molar-refractivity contribution in [3.8, 4) is 0 Å². The van der Waals surface area contributed by atoms with E-state index in [-0.39, 0.29) is 11.8 Å². The van der Waals surface area contributed by atoms with Gasteiger partial charge in [0.05, 0.1) is 6.10 Å². The number of carbonyl (C=O) groups is 1. The largest absolute Gasteiger partial charge is 0.392 e. The second-order valence-corrected chi connectivity index (χ2v) is 3.41. The van der Waals surface area contributed by atoms with E-state index in [9.17, 15) is 4.79 Å². The smallest absolute Gasteiger partial charge is 0.223 e. The van der Waals surface area contributed by atoms with Crippen LogP contribution in [0.3, 0.4) is 0 Å². The summed E-state index contributed by atoms with van der Waals surface area (Å²) in [7, 11) is 0. The molecule has 1 unspecified atom stereocenters. The Morgan fingerprint density at radius 1 is 1.82 bits per heavy atom. The Morgan fingerprint density at radius 2 is 2.36 bits per heavy atom. The van der Waals surface area contributed by atoms with Crippen LogP contribution in [0.2, 0.25) is 0 Å². The monoisotopic (exact) mass is 157 g/mol. The Hall–Kier alpha value is -0.570. The summed E-state index contributed by atoms with van der Waals surface area (Å²) in [5.41, 5.74) is 0. The Balaban J connectivity index is 2.12. The molecule has 0 spiro atoms. The van der Waals surface area contributed by atoms with Crippen molar-refractivity contribution in [1.82, 2.24) is 5.32 Å². The zero-order valence-corrected chi connectivity index (χ0v) is 7.00. The average Bonchev–Trinajstić information content (AvgIpc) is 2.61. The van der Waals surface area contributed by atoms with Gasteiger partial charge in [0.1, 0.15) is 0 Å². The zero-order chi connectivity index (χ0) is 8.43. The summed E-state index contributed by atoms with van der Waals surface area (Å²) < 4.78 is 0. The average molecular weight is 157 g/mol. The molecule has 0 aromatic carbocycles. The highest BCUT2D eigenvalue weighted by Crippen LogP contribution is 2.37. The van der Waals surface area contributed by atoms with Gasteiger partial charge in [0.15, 0.2) is 0 Å². The van der Waals surface area contributed by atoms with Gasteiger partial charge < -0.3 is 10.4 Å². The van der Waals surface area contributed by atoms with Gasteiger partial charge in [0.2, 0.25) is 5.91 Å². The molecule has 0 saturated heterocycles. The minimum absolute atomic E-state index is 0.0957. The lowest BCUT2D eigenvalue weighted by molar-refractivity contribution is -0.123. The number of carbonyl (C=O) groups excluding carboxylic acids is 1. The predicted molar refractivity (Wildman–Crippen MR) is 42.0 cm³/mol. The first-order chi connectivity index (χ1) is 5.11. The molecule has 1 saturated carbocycles. The van der Waals surface area contributed by atoms with Crippen molar-refractivity contribution in [3.63, 3.8) is 0 Å². The number of aliphatic hydroxyl groups excluding tert-OH is 1. The van der Waals surface area contributed by atoms with E-state index in [1.165, 1.54) is 0 Å². The highest BCUT2D eigenvalue weighted by atomic mass is 16.3. The fourth-order valence-electron chi connectivity index (χ4n) is 1.07. The molecular formula is C8H15NO2. The van der Waals surface area contributed by atoms with E-state index in [0.29, 0.717) is 12.5 Å². The summed E-state index contributed by atoms with van der Waals surface area (Å²) in [6, 6.07) is 0. The minimum atomic E-state index is -0.437. The standard InChI is InChI=1S/C8H15NO2/c1-5-3-7(5)8(11)9-4-6(2)10/h5-7,10H,3-4H2,1-2H3,(H,9,11)/t5-,6?,7-/m1/s1. The Labute approximate surface area is 66.8 Å². The van der Waals surface area contributed by atoms with Crippen LogP contribution in [0.5, 0.6) is 0 Å². The number of rotatable bonds is 3. The predicted octanol–water partition coefficient (Wildman–Crippen LogP) is 0.139. The molecule has 0 heterocycles. The van der Waals surface area contributed by atoms with E-state index in [1.807, 2.05) is 0 Å². The van der Waals surface area contributed by atoms with Crippen LogP contribution in [0.25, 0.3) is 0 Å². The summed E-state index contributed by atoms with van der Waals surface area (Å²) in [5, 5.41) is 11.5. The highest BCUT2D eigenvalue weighted by Gasteiger charge is 2.38. The number of hydrogen-bond donors (Lipinski definition) is 2. The minimum Gasteiger partial charge on any atom is -0.392 e. The number of hydrogen-bond acceptors (Lipinski definition) is 2. The van der Waals surface area contributed by atoms with Crippen LogP contribution in [0.15, 0.2) is 0 Å². The molecule has 3 atom stereocenters. The molecule has 3 nitrogen and oxygen atoms in total. The lowest BCUT2D eigenvalue weighted by atomic mass is 10.3. The molecule has 1 fully saturated rings. The highest BCUT2D eigenvalue weighted by molar-refractivity contribution is 5.81. The quantitative estimate of drug-likeness (QED) is 0.612. The third-order valence-electron chi connectivity index (χ3n) is 2.02. The summed E-state index contributed by atoms with van der Waals surface area (Å²) in [5.74, 6) is 0.858. The maximum Gasteiger partial charge on any atom is 0.223 e. The first kappa shape index (κ1) is 8.53. The van der Waals surface area contributed by atoms with Gasteiger partial charge in [-0.2, -0.15) is 0 Å². The van der Waals surface area contributed by atoms with Gasteiger partial charge in [0, 0.05) is 12.5 Å². The van der Waals surface area contributed by atoms with Gasteiger partial charge in [-0.05, 0) is 19.3 Å². The molecule has 0 aromatic heterocycles. The maximum absolute atomic E-state index is 11.1. The van der Waals surface area contributed by atoms with Crippen molar-refractivity contribution in [2.75, 3.05) is 6.54 Å². The van der Waals surface area contributed by atoms with Crippen molar-refractivity contribution in [3.05, 3.63) is 0 Å². The Morgan fingerprint density at radius 3 is 2.73 bits per heavy atom. The van der Waals surface area contributed by atoms with Crippen molar-refractivity contribution < 1.29 is 9.90 Å². The first-order valence-electron chi connectivity index (χ1n) is 4.07. The van der Waals surface area contributed by atoms with Crippen LogP contribution in [-0.2, 0) is 4.79 Å². The van der Waals surface area contributed by atoms with Gasteiger partial charge in [-0.3, -0.25) is 4.79 Å². The van der Waals surface area contributed by atoms with E-state index in [1.54, 1.807) is 6.92 Å². The second kappa shape index (κ2) is 3.22. The summed E-state index contributed by atoms with van der Waals surface area (Å²) in [4.78, 5) is 11.1. The van der Waals surface area contributed by atoms with E-state index < -0.39 is 6.10 Å². The van der Waals surface area contributed by atoms with E-state index in [2.05, 4.69) is 12.2 Å². The van der Waals surface area contributed by atoms with Crippen LogP contribution >= 0.6 is 0 Å².